The third-order valence-corrected chi connectivity index (χ3v) is 8.19. The second-order valence-electron chi connectivity index (χ2n) is 7.43. The number of benzene rings is 2. The van der Waals surface area contributed by atoms with Crippen LogP contribution in [-0.4, -0.2) is 43.7 Å². The van der Waals surface area contributed by atoms with Gasteiger partial charge in [0.25, 0.3) is 15.9 Å². The molecule has 0 aliphatic carbocycles. The number of halogens is 1. The second-order valence-corrected chi connectivity index (χ2v) is 10.8. The summed E-state index contributed by atoms with van der Waals surface area (Å²) in [6, 6.07) is 15.2. The van der Waals surface area contributed by atoms with Crippen LogP contribution in [0, 0.1) is 0 Å². The van der Waals surface area contributed by atoms with Crippen molar-refractivity contribution in [1.82, 2.24) is 14.9 Å². The van der Waals surface area contributed by atoms with E-state index < -0.39 is 15.9 Å². The largest absolute Gasteiger partial charge is 0.368 e. The lowest BCUT2D eigenvalue weighted by Gasteiger charge is -2.24. The number of carbonyl (C=O) groups excluding carboxylic acids is 1. The van der Waals surface area contributed by atoms with Crippen molar-refractivity contribution in [3.63, 3.8) is 0 Å². The molecular weight excluding hydrogens is 470 g/mol. The number of para-hydroxylation sites is 1. The maximum atomic E-state index is 12.6. The standard InChI is InChI=1S/C21H22ClN5O3S2/c1-14-13-15-7-2-5-10-18(15)27(14)12-6-11-23-32(29,30)21-26-25-20(31-21)24-19(28)16-8-3-4-9-17(16)22/h2-5,7-10,14,23H,6,11-13H2,1H3,(H,24,25,28)/t14-/m0/s1. The third-order valence-electron chi connectivity index (χ3n) is 5.19. The van der Waals surface area contributed by atoms with E-state index in [1.54, 1.807) is 24.3 Å². The van der Waals surface area contributed by atoms with Crippen molar-refractivity contribution < 1.29 is 13.2 Å². The van der Waals surface area contributed by atoms with Gasteiger partial charge in [-0.25, -0.2) is 13.1 Å². The van der Waals surface area contributed by atoms with Gasteiger partial charge in [-0.15, -0.1) is 10.2 Å². The fourth-order valence-electron chi connectivity index (χ4n) is 3.67. The first-order valence-electron chi connectivity index (χ1n) is 10.1. The Hall–Kier alpha value is -2.53. The number of hydrogen-bond acceptors (Lipinski definition) is 7. The van der Waals surface area contributed by atoms with E-state index >= 15 is 0 Å². The summed E-state index contributed by atoms with van der Waals surface area (Å²) in [5, 5.41) is 10.4. The molecular formula is C21H22ClN5O3S2. The van der Waals surface area contributed by atoms with Gasteiger partial charge in [0.1, 0.15) is 0 Å². The molecule has 0 fully saturated rings. The normalized spacial score (nSPS) is 15.6. The molecule has 2 heterocycles. The molecule has 2 N–H and O–H groups in total. The molecule has 11 heteroatoms. The average Bonchev–Trinajstić information content (AvgIpc) is 3.36. The number of fused-ring (bicyclic) bond motifs is 1. The van der Waals surface area contributed by atoms with E-state index in [1.807, 2.05) is 12.1 Å². The maximum absolute atomic E-state index is 12.6. The number of amides is 1. The van der Waals surface area contributed by atoms with Crippen LogP contribution < -0.4 is 14.9 Å². The molecule has 0 saturated heterocycles. The average molecular weight is 492 g/mol. The number of sulfonamides is 1. The monoisotopic (exact) mass is 491 g/mol. The third kappa shape index (κ3) is 4.93. The summed E-state index contributed by atoms with van der Waals surface area (Å²) < 4.78 is 27.5. The molecule has 0 radical (unpaired) electrons. The van der Waals surface area contributed by atoms with E-state index in [0.29, 0.717) is 17.5 Å². The van der Waals surface area contributed by atoms with Gasteiger partial charge < -0.3 is 4.90 Å². The number of hydrogen-bond donors (Lipinski definition) is 2. The highest BCUT2D eigenvalue weighted by atomic mass is 35.5. The number of aromatic nitrogens is 2. The van der Waals surface area contributed by atoms with Crippen molar-refractivity contribution in [1.29, 1.82) is 0 Å². The van der Waals surface area contributed by atoms with Crippen molar-refractivity contribution in [2.24, 2.45) is 0 Å². The van der Waals surface area contributed by atoms with Gasteiger partial charge in [0.2, 0.25) is 9.47 Å². The molecule has 32 heavy (non-hydrogen) atoms. The lowest BCUT2D eigenvalue weighted by molar-refractivity contribution is 0.102. The molecule has 1 atom stereocenters. The molecule has 1 aliphatic rings. The van der Waals surface area contributed by atoms with Gasteiger partial charge in [-0.2, -0.15) is 0 Å². The number of rotatable bonds is 8. The number of nitrogens with zero attached hydrogens (tertiary/aromatic N) is 3. The number of nitrogens with one attached hydrogen (secondary N) is 2. The van der Waals surface area contributed by atoms with Crippen LogP contribution in [0.5, 0.6) is 0 Å². The van der Waals surface area contributed by atoms with E-state index in [2.05, 4.69) is 44.2 Å². The quantitative estimate of drug-likeness (QED) is 0.369. The van der Waals surface area contributed by atoms with Crippen molar-refractivity contribution in [2.75, 3.05) is 23.3 Å². The molecule has 2 aromatic carbocycles. The van der Waals surface area contributed by atoms with Crippen molar-refractivity contribution in [3.8, 4) is 0 Å². The first-order chi connectivity index (χ1) is 15.3. The fraction of sp³-hybridized carbons (Fsp3) is 0.286. The Morgan fingerprint density at radius 3 is 2.75 bits per heavy atom. The topological polar surface area (TPSA) is 104 Å². The van der Waals surface area contributed by atoms with Crippen molar-refractivity contribution in [2.45, 2.75) is 30.1 Å². The summed E-state index contributed by atoms with van der Waals surface area (Å²) in [7, 11) is -3.82. The summed E-state index contributed by atoms with van der Waals surface area (Å²) in [6.07, 6.45) is 1.64. The molecule has 1 aliphatic heterocycles. The molecule has 168 valence electrons. The van der Waals surface area contributed by atoms with Crippen molar-refractivity contribution >= 4 is 49.7 Å². The van der Waals surface area contributed by atoms with E-state index in [4.69, 9.17) is 11.6 Å². The Balaban J connectivity index is 1.31. The minimum absolute atomic E-state index is 0.0813. The Morgan fingerprint density at radius 1 is 1.19 bits per heavy atom. The number of carbonyl (C=O) groups is 1. The fourth-order valence-corrected chi connectivity index (χ4v) is 5.90. The summed E-state index contributed by atoms with van der Waals surface area (Å²) >= 11 is 6.80. The predicted octanol–water partition coefficient (Wildman–Crippen LogP) is 3.56. The van der Waals surface area contributed by atoms with Gasteiger partial charge >= 0.3 is 0 Å². The molecule has 1 amide bonds. The first kappa shape index (κ1) is 22.7. The lowest BCUT2D eigenvalue weighted by Crippen LogP contribution is -2.33. The molecule has 0 spiro atoms. The van der Waals surface area contributed by atoms with Gasteiger partial charge in [-0.3, -0.25) is 10.1 Å². The summed E-state index contributed by atoms with van der Waals surface area (Å²) in [5.74, 6) is -0.483. The smallest absolute Gasteiger partial charge is 0.269 e. The van der Waals surface area contributed by atoms with Gasteiger partial charge in [-0.1, -0.05) is 53.3 Å². The van der Waals surface area contributed by atoms with Crippen LogP contribution >= 0.6 is 22.9 Å². The summed E-state index contributed by atoms with van der Waals surface area (Å²) in [4.78, 5) is 14.6. The summed E-state index contributed by atoms with van der Waals surface area (Å²) in [5.41, 5.74) is 2.80. The predicted molar refractivity (Wildman–Crippen MR) is 126 cm³/mol. The molecule has 8 nitrogen and oxygen atoms in total. The van der Waals surface area contributed by atoms with Crippen LogP contribution in [0.4, 0.5) is 10.8 Å². The molecule has 0 bridgehead atoms. The highest BCUT2D eigenvalue weighted by Crippen LogP contribution is 2.31. The van der Waals surface area contributed by atoms with Gasteiger partial charge in [0.15, 0.2) is 0 Å². The van der Waals surface area contributed by atoms with Gasteiger partial charge in [0, 0.05) is 24.8 Å². The molecule has 0 saturated carbocycles. The van der Waals surface area contributed by atoms with Gasteiger partial charge in [0.05, 0.1) is 10.6 Å². The maximum Gasteiger partial charge on any atom is 0.269 e. The highest BCUT2D eigenvalue weighted by Gasteiger charge is 2.25. The molecule has 4 rings (SSSR count). The molecule has 3 aromatic rings. The highest BCUT2D eigenvalue weighted by molar-refractivity contribution is 7.91. The van der Waals surface area contributed by atoms with Crippen LogP contribution in [0.25, 0.3) is 0 Å². The van der Waals surface area contributed by atoms with E-state index in [1.165, 1.54) is 11.3 Å². The van der Waals surface area contributed by atoms with Crippen LogP contribution in [0.15, 0.2) is 52.9 Å². The van der Waals surface area contributed by atoms with Crippen LogP contribution in [0.2, 0.25) is 5.02 Å². The Labute approximate surface area is 195 Å². The Kier molecular flexibility index (Phi) is 6.75. The van der Waals surface area contributed by atoms with E-state index in [9.17, 15) is 13.2 Å². The molecule has 1 aromatic heterocycles. The van der Waals surface area contributed by atoms with E-state index in [0.717, 1.165) is 24.3 Å². The minimum atomic E-state index is -3.82. The van der Waals surface area contributed by atoms with E-state index in [-0.39, 0.29) is 21.6 Å². The van der Waals surface area contributed by atoms with Crippen LogP contribution in [0.1, 0.15) is 29.3 Å². The Bertz CT molecular complexity index is 1230. The zero-order valence-electron chi connectivity index (χ0n) is 17.3. The summed E-state index contributed by atoms with van der Waals surface area (Å²) in [6.45, 7) is 3.19. The van der Waals surface area contributed by atoms with Crippen molar-refractivity contribution in [3.05, 3.63) is 64.7 Å². The SMILES string of the molecule is C[C@H]1Cc2ccccc2N1CCCNS(=O)(=O)c1nnc(NC(=O)c2ccccc2Cl)s1. The Morgan fingerprint density at radius 2 is 1.94 bits per heavy atom. The minimum Gasteiger partial charge on any atom is -0.368 e. The molecule has 0 unspecified atom stereocenters. The lowest BCUT2D eigenvalue weighted by atomic mass is 10.1. The van der Waals surface area contributed by atoms with Gasteiger partial charge in [-0.05, 0) is 43.5 Å². The first-order valence-corrected chi connectivity index (χ1v) is 12.8. The van der Waals surface area contributed by atoms with Crippen LogP contribution in [-0.2, 0) is 16.4 Å². The van der Waals surface area contributed by atoms with Crippen LogP contribution in [0.3, 0.4) is 0 Å². The number of anilines is 2. The second kappa shape index (κ2) is 9.53. The zero-order chi connectivity index (χ0) is 22.7. The zero-order valence-corrected chi connectivity index (χ0v) is 19.7.